The molecule has 134 valence electrons. The molecule has 0 radical (unpaired) electrons. The van der Waals surface area contributed by atoms with Gasteiger partial charge in [0, 0.05) is 11.1 Å². The minimum atomic E-state index is -0.134. The Morgan fingerprint density at radius 1 is 1.00 bits per heavy atom. The van der Waals surface area contributed by atoms with Crippen molar-refractivity contribution >= 4 is 23.5 Å². The van der Waals surface area contributed by atoms with Crippen LogP contribution in [0, 0.1) is 6.92 Å². The first-order valence-electron chi connectivity index (χ1n) is 8.61. The largest absolute Gasteiger partial charge is 0.489 e. The van der Waals surface area contributed by atoms with Crippen LogP contribution in [-0.4, -0.2) is 5.78 Å². The van der Waals surface area contributed by atoms with Gasteiger partial charge in [0.15, 0.2) is 5.76 Å². The molecular weight excluding hydrogens is 360 g/mol. The molecule has 3 aromatic carbocycles. The van der Waals surface area contributed by atoms with Crippen LogP contribution in [0.5, 0.6) is 11.5 Å². The van der Waals surface area contributed by atoms with Gasteiger partial charge in [-0.15, -0.1) is 0 Å². The molecular formula is C23H17ClO3. The lowest BCUT2D eigenvalue weighted by atomic mass is 10.1. The number of carbonyl (C=O) groups excluding carboxylic acids is 1. The number of fused-ring (bicyclic) bond motifs is 1. The van der Waals surface area contributed by atoms with E-state index in [9.17, 15) is 4.79 Å². The Kier molecular flexibility index (Phi) is 4.69. The third kappa shape index (κ3) is 3.88. The smallest absolute Gasteiger partial charge is 0.231 e. The second kappa shape index (κ2) is 7.29. The summed E-state index contributed by atoms with van der Waals surface area (Å²) in [5.74, 6) is 1.34. The van der Waals surface area contributed by atoms with E-state index in [0.29, 0.717) is 34.5 Å². The van der Waals surface area contributed by atoms with Crippen LogP contribution in [0.3, 0.4) is 0 Å². The van der Waals surface area contributed by atoms with Crippen LogP contribution < -0.4 is 9.47 Å². The highest BCUT2D eigenvalue weighted by molar-refractivity contribution is 6.30. The van der Waals surface area contributed by atoms with E-state index in [-0.39, 0.29) is 5.78 Å². The molecule has 0 amide bonds. The van der Waals surface area contributed by atoms with E-state index < -0.39 is 0 Å². The number of halogens is 1. The molecule has 0 saturated heterocycles. The number of hydrogen-bond donors (Lipinski definition) is 0. The van der Waals surface area contributed by atoms with Gasteiger partial charge in [0.25, 0.3) is 0 Å². The average Bonchev–Trinajstić information content (AvgIpc) is 2.98. The summed E-state index contributed by atoms with van der Waals surface area (Å²) in [6, 6.07) is 20.7. The summed E-state index contributed by atoms with van der Waals surface area (Å²) in [4.78, 5) is 12.5. The molecule has 4 heteroatoms. The summed E-state index contributed by atoms with van der Waals surface area (Å²) in [5.41, 5.74) is 3.69. The number of ether oxygens (including phenoxy) is 2. The van der Waals surface area contributed by atoms with Crippen molar-refractivity contribution in [2.45, 2.75) is 13.5 Å². The summed E-state index contributed by atoms with van der Waals surface area (Å²) in [6.07, 6.45) is 1.71. The highest BCUT2D eigenvalue weighted by Gasteiger charge is 2.27. The molecule has 1 heterocycles. The fourth-order valence-electron chi connectivity index (χ4n) is 2.82. The summed E-state index contributed by atoms with van der Waals surface area (Å²) in [6.45, 7) is 2.51. The van der Waals surface area contributed by atoms with E-state index in [1.807, 2.05) is 24.3 Å². The molecule has 0 saturated carbocycles. The molecule has 27 heavy (non-hydrogen) atoms. The van der Waals surface area contributed by atoms with E-state index in [1.54, 1.807) is 36.4 Å². The van der Waals surface area contributed by atoms with Gasteiger partial charge in [-0.2, -0.15) is 0 Å². The van der Waals surface area contributed by atoms with Crippen LogP contribution in [0.25, 0.3) is 6.08 Å². The zero-order valence-corrected chi connectivity index (χ0v) is 15.5. The van der Waals surface area contributed by atoms with Gasteiger partial charge in [-0.25, -0.2) is 0 Å². The zero-order chi connectivity index (χ0) is 18.8. The number of benzene rings is 3. The van der Waals surface area contributed by atoms with E-state index in [2.05, 4.69) is 19.1 Å². The number of carbonyl (C=O) groups is 1. The molecule has 0 unspecified atom stereocenters. The van der Waals surface area contributed by atoms with E-state index in [0.717, 1.165) is 11.1 Å². The predicted octanol–water partition coefficient (Wildman–Crippen LogP) is 5.84. The lowest BCUT2D eigenvalue weighted by Crippen LogP contribution is -1.98. The quantitative estimate of drug-likeness (QED) is 0.536. The van der Waals surface area contributed by atoms with Gasteiger partial charge in [-0.3, -0.25) is 4.79 Å². The van der Waals surface area contributed by atoms with Gasteiger partial charge in [0.05, 0.1) is 5.56 Å². The predicted molar refractivity (Wildman–Crippen MR) is 106 cm³/mol. The van der Waals surface area contributed by atoms with Crippen molar-refractivity contribution in [3.8, 4) is 11.5 Å². The number of rotatable bonds is 4. The zero-order valence-electron chi connectivity index (χ0n) is 14.7. The number of allylic oxidation sites excluding steroid dienone is 1. The standard InChI is InChI=1S/C23H17ClO3/c1-15-2-4-17(5-3-15)14-26-19-10-11-20-21(13-19)27-22(23(20)25)12-16-6-8-18(24)9-7-16/h2-13H,14H2,1H3. The molecule has 0 spiro atoms. The minimum absolute atomic E-state index is 0.134. The summed E-state index contributed by atoms with van der Waals surface area (Å²) in [5, 5.41) is 0.648. The van der Waals surface area contributed by atoms with E-state index >= 15 is 0 Å². The molecule has 0 fully saturated rings. The second-order valence-corrected chi connectivity index (χ2v) is 6.86. The maximum Gasteiger partial charge on any atom is 0.231 e. The minimum Gasteiger partial charge on any atom is -0.489 e. The van der Waals surface area contributed by atoms with E-state index in [1.165, 1.54) is 5.56 Å². The monoisotopic (exact) mass is 376 g/mol. The van der Waals surface area contributed by atoms with Gasteiger partial charge >= 0.3 is 0 Å². The van der Waals surface area contributed by atoms with Gasteiger partial charge in [0.1, 0.15) is 18.1 Å². The second-order valence-electron chi connectivity index (χ2n) is 6.42. The molecule has 0 atom stereocenters. The first-order chi connectivity index (χ1) is 13.1. The Bertz CT molecular complexity index is 1020. The fraction of sp³-hybridized carbons (Fsp3) is 0.0870. The maximum atomic E-state index is 12.5. The van der Waals surface area contributed by atoms with E-state index in [4.69, 9.17) is 21.1 Å². The Morgan fingerprint density at radius 2 is 1.74 bits per heavy atom. The first-order valence-corrected chi connectivity index (χ1v) is 8.98. The summed E-state index contributed by atoms with van der Waals surface area (Å²) < 4.78 is 11.6. The summed E-state index contributed by atoms with van der Waals surface area (Å²) >= 11 is 5.90. The molecule has 1 aliphatic heterocycles. The highest BCUT2D eigenvalue weighted by atomic mass is 35.5. The van der Waals surface area contributed by atoms with Crippen molar-refractivity contribution in [2.24, 2.45) is 0 Å². The Balaban J connectivity index is 1.50. The van der Waals surface area contributed by atoms with Gasteiger partial charge in [-0.1, -0.05) is 53.6 Å². The van der Waals surface area contributed by atoms with Crippen molar-refractivity contribution in [3.63, 3.8) is 0 Å². The lowest BCUT2D eigenvalue weighted by molar-refractivity contribution is 0.101. The normalized spacial score (nSPS) is 14.1. The number of ketones is 1. The topological polar surface area (TPSA) is 35.5 Å². The Morgan fingerprint density at radius 3 is 2.48 bits per heavy atom. The molecule has 1 aliphatic rings. The molecule has 3 aromatic rings. The van der Waals surface area contributed by atoms with Crippen molar-refractivity contribution in [1.29, 1.82) is 0 Å². The SMILES string of the molecule is Cc1ccc(COc2ccc3c(c2)OC(=Cc2ccc(Cl)cc2)C3=O)cc1. The highest BCUT2D eigenvalue weighted by Crippen LogP contribution is 2.35. The van der Waals surface area contributed by atoms with Crippen LogP contribution in [0.15, 0.2) is 72.5 Å². The Labute approximate surface area is 162 Å². The van der Waals surface area contributed by atoms with Crippen LogP contribution >= 0.6 is 11.6 Å². The molecule has 0 aromatic heterocycles. The molecule has 3 nitrogen and oxygen atoms in total. The van der Waals surface area contributed by atoms with Gasteiger partial charge in [-0.05, 0) is 48.4 Å². The lowest BCUT2D eigenvalue weighted by Gasteiger charge is -2.07. The number of Topliss-reactive ketones (excluding diaryl/α,β-unsaturated/α-hetero) is 1. The van der Waals surface area contributed by atoms with Gasteiger partial charge < -0.3 is 9.47 Å². The maximum absolute atomic E-state index is 12.5. The van der Waals surface area contributed by atoms with Crippen molar-refractivity contribution in [2.75, 3.05) is 0 Å². The Hall–Kier alpha value is -3.04. The number of aryl methyl sites for hydroxylation is 1. The molecule has 4 rings (SSSR count). The third-order valence-corrected chi connectivity index (χ3v) is 4.59. The average molecular weight is 377 g/mol. The van der Waals surface area contributed by atoms with Crippen LogP contribution in [-0.2, 0) is 6.61 Å². The first kappa shape index (κ1) is 17.4. The van der Waals surface area contributed by atoms with Crippen LogP contribution in [0.1, 0.15) is 27.0 Å². The molecule has 0 N–H and O–H groups in total. The van der Waals surface area contributed by atoms with Crippen molar-refractivity contribution in [3.05, 3.63) is 99.8 Å². The third-order valence-electron chi connectivity index (χ3n) is 4.34. The molecule has 0 aliphatic carbocycles. The number of hydrogen-bond acceptors (Lipinski definition) is 3. The fourth-order valence-corrected chi connectivity index (χ4v) is 2.94. The van der Waals surface area contributed by atoms with Gasteiger partial charge in [0.2, 0.25) is 5.78 Å². The molecule has 0 bridgehead atoms. The summed E-state index contributed by atoms with van der Waals surface area (Å²) in [7, 11) is 0. The van der Waals surface area contributed by atoms with Crippen molar-refractivity contribution < 1.29 is 14.3 Å². The van der Waals surface area contributed by atoms with Crippen LogP contribution in [0.4, 0.5) is 0 Å². The van der Waals surface area contributed by atoms with Crippen molar-refractivity contribution in [1.82, 2.24) is 0 Å². The van der Waals surface area contributed by atoms with Crippen LogP contribution in [0.2, 0.25) is 5.02 Å².